The van der Waals surface area contributed by atoms with Crippen LogP contribution in [0, 0.1) is 5.92 Å². The van der Waals surface area contributed by atoms with Crippen molar-refractivity contribution in [2.24, 2.45) is 5.92 Å². The third kappa shape index (κ3) is 3.42. The summed E-state index contributed by atoms with van der Waals surface area (Å²) in [5.41, 5.74) is 1.11. The van der Waals surface area contributed by atoms with Crippen molar-refractivity contribution in [3.05, 3.63) is 23.8 Å². The molecule has 0 aliphatic carbocycles. The van der Waals surface area contributed by atoms with Crippen LogP contribution in [0.2, 0.25) is 0 Å². The van der Waals surface area contributed by atoms with Crippen molar-refractivity contribution in [3.8, 4) is 11.5 Å². The number of carboxylic acids is 1. The molecule has 1 aromatic rings. The van der Waals surface area contributed by atoms with Crippen molar-refractivity contribution in [3.63, 3.8) is 0 Å². The van der Waals surface area contributed by atoms with Crippen LogP contribution < -0.4 is 9.47 Å². The van der Waals surface area contributed by atoms with E-state index in [1.54, 1.807) is 14.2 Å². The fraction of sp³-hybridized carbons (Fsp3) is 0.533. The Kier molecular flexibility index (Phi) is 4.84. The molecule has 20 heavy (non-hydrogen) atoms. The van der Waals surface area contributed by atoms with Crippen molar-refractivity contribution in [2.75, 3.05) is 27.3 Å². The van der Waals surface area contributed by atoms with Crippen LogP contribution in [0.4, 0.5) is 0 Å². The number of benzene rings is 1. The minimum atomic E-state index is -0.693. The number of piperidine rings is 1. The van der Waals surface area contributed by atoms with Gasteiger partial charge in [0.2, 0.25) is 0 Å². The molecule has 1 atom stereocenters. The zero-order valence-corrected chi connectivity index (χ0v) is 12.0. The smallest absolute Gasteiger partial charge is 0.307 e. The van der Waals surface area contributed by atoms with Crippen LogP contribution in [0.25, 0.3) is 0 Å². The first kappa shape index (κ1) is 14.7. The summed E-state index contributed by atoms with van der Waals surface area (Å²) in [7, 11) is 3.22. The summed E-state index contributed by atoms with van der Waals surface area (Å²) in [4.78, 5) is 13.3. The molecule has 0 radical (unpaired) electrons. The van der Waals surface area contributed by atoms with Gasteiger partial charge < -0.3 is 14.6 Å². The van der Waals surface area contributed by atoms with E-state index in [1.807, 2.05) is 18.2 Å². The van der Waals surface area contributed by atoms with E-state index in [2.05, 4.69) is 4.90 Å². The van der Waals surface area contributed by atoms with Gasteiger partial charge in [0.05, 0.1) is 20.1 Å². The molecule has 2 rings (SSSR count). The van der Waals surface area contributed by atoms with Gasteiger partial charge in [0.1, 0.15) is 0 Å². The lowest BCUT2D eigenvalue weighted by Crippen LogP contribution is -2.38. The van der Waals surface area contributed by atoms with Crippen LogP contribution in [0.5, 0.6) is 11.5 Å². The molecule has 5 heteroatoms. The lowest BCUT2D eigenvalue weighted by Gasteiger charge is -2.30. The molecular weight excluding hydrogens is 258 g/mol. The van der Waals surface area contributed by atoms with Crippen LogP contribution in [0.3, 0.4) is 0 Å². The summed E-state index contributed by atoms with van der Waals surface area (Å²) in [6.45, 7) is 2.30. The molecule has 0 amide bonds. The zero-order valence-electron chi connectivity index (χ0n) is 12.0. The number of hydrogen-bond acceptors (Lipinski definition) is 4. The van der Waals surface area contributed by atoms with Crippen LogP contribution >= 0.6 is 0 Å². The van der Waals surface area contributed by atoms with E-state index in [-0.39, 0.29) is 5.92 Å². The van der Waals surface area contributed by atoms with Crippen molar-refractivity contribution < 1.29 is 19.4 Å². The summed E-state index contributed by atoms with van der Waals surface area (Å²) in [6, 6.07) is 5.82. The normalized spacial score (nSPS) is 19.6. The predicted molar refractivity (Wildman–Crippen MR) is 75.2 cm³/mol. The average molecular weight is 279 g/mol. The summed E-state index contributed by atoms with van der Waals surface area (Å²) >= 11 is 0. The summed E-state index contributed by atoms with van der Waals surface area (Å²) in [6.07, 6.45) is 1.71. The first-order valence-corrected chi connectivity index (χ1v) is 6.80. The van der Waals surface area contributed by atoms with E-state index in [9.17, 15) is 4.79 Å². The molecule has 5 nitrogen and oxygen atoms in total. The highest BCUT2D eigenvalue weighted by Gasteiger charge is 2.25. The molecule has 1 N–H and O–H groups in total. The van der Waals surface area contributed by atoms with Crippen LogP contribution in [-0.2, 0) is 11.3 Å². The lowest BCUT2D eigenvalue weighted by molar-refractivity contribution is -0.143. The molecule has 1 saturated heterocycles. The van der Waals surface area contributed by atoms with E-state index in [1.165, 1.54) is 0 Å². The molecule has 110 valence electrons. The summed E-state index contributed by atoms with van der Waals surface area (Å²) in [5.74, 6) is 0.473. The maximum atomic E-state index is 11.1. The van der Waals surface area contributed by atoms with Crippen LogP contribution in [0.1, 0.15) is 18.4 Å². The Morgan fingerprint density at radius 2 is 2.10 bits per heavy atom. The van der Waals surface area contributed by atoms with Gasteiger partial charge in [-0.25, -0.2) is 0 Å². The molecule has 1 aliphatic rings. The van der Waals surface area contributed by atoms with Gasteiger partial charge in [-0.15, -0.1) is 0 Å². The number of methoxy groups -OCH3 is 2. The number of hydrogen-bond donors (Lipinski definition) is 1. The minimum Gasteiger partial charge on any atom is -0.493 e. The molecule has 0 spiro atoms. The van der Waals surface area contributed by atoms with Crippen LogP contribution in [-0.4, -0.2) is 43.3 Å². The Hall–Kier alpha value is -1.75. The Morgan fingerprint density at radius 3 is 2.75 bits per heavy atom. The predicted octanol–water partition coefficient (Wildman–Crippen LogP) is 2.00. The van der Waals surface area contributed by atoms with Crippen molar-refractivity contribution >= 4 is 5.97 Å². The van der Waals surface area contributed by atoms with Gasteiger partial charge >= 0.3 is 5.97 Å². The zero-order chi connectivity index (χ0) is 14.5. The van der Waals surface area contributed by atoms with Gasteiger partial charge in [-0.05, 0) is 37.1 Å². The SMILES string of the molecule is COc1ccc(CN2CCCC(C(=O)O)C2)cc1OC. The van der Waals surface area contributed by atoms with Crippen LogP contribution in [0.15, 0.2) is 18.2 Å². The van der Waals surface area contributed by atoms with E-state index in [0.717, 1.165) is 31.5 Å². The second-order valence-electron chi connectivity index (χ2n) is 5.10. The highest BCUT2D eigenvalue weighted by Crippen LogP contribution is 2.28. The molecule has 0 saturated carbocycles. The summed E-state index contributed by atoms with van der Waals surface area (Å²) < 4.78 is 10.5. The molecular formula is C15H21NO4. The van der Waals surface area contributed by atoms with E-state index in [4.69, 9.17) is 14.6 Å². The van der Waals surface area contributed by atoms with E-state index < -0.39 is 5.97 Å². The number of aliphatic carboxylic acids is 1. The fourth-order valence-electron chi connectivity index (χ4n) is 2.64. The first-order chi connectivity index (χ1) is 9.63. The van der Waals surface area contributed by atoms with Gasteiger partial charge in [-0.1, -0.05) is 6.07 Å². The summed E-state index contributed by atoms with van der Waals surface area (Å²) in [5, 5.41) is 9.11. The highest BCUT2D eigenvalue weighted by atomic mass is 16.5. The minimum absolute atomic E-state index is 0.246. The molecule has 0 bridgehead atoms. The molecule has 1 unspecified atom stereocenters. The fourth-order valence-corrected chi connectivity index (χ4v) is 2.64. The third-order valence-corrected chi connectivity index (χ3v) is 3.71. The van der Waals surface area contributed by atoms with Gasteiger partial charge in [0.25, 0.3) is 0 Å². The standard InChI is InChI=1S/C15H21NO4/c1-19-13-6-5-11(8-14(13)20-2)9-16-7-3-4-12(10-16)15(17)18/h5-6,8,12H,3-4,7,9-10H2,1-2H3,(H,17,18). The Morgan fingerprint density at radius 1 is 1.35 bits per heavy atom. The van der Waals surface area contributed by atoms with E-state index >= 15 is 0 Å². The number of rotatable bonds is 5. The Labute approximate surface area is 119 Å². The molecule has 1 aromatic carbocycles. The molecule has 0 aromatic heterocycles. The monoisotopic (exact) mass is 279 g/mol. The maximum Gasteiger partial charge on any atom is 0.307 e. The Bertz CT molecular complexity index is 475. The number of ether oxygens (including phenoxy) is 2. The molecule has 1 aliphatic heterocycles. The Balaban J connectivity index is 2.04. The number of nitrogens with zero attached hydrogens (tertiary/aromatic N) is 1. The molecule has 1 fully saturated rings. The largest absolute Gasteiger partial charge is 0.493 e. The van der Waals surface area contributed by atoms with Gasteiger partial charge in [0.15, 0.2) is 11.5 Å². The van der Waals surface area contributed by atoms with Gasteiger partial charge in [-0.2, -0.15) is 0 Å². The maximum absolute atomic E-state index is 11.1. The number of carboxylic acid groups (broad SMARTS) is 1. The van der Waals surface area contributed by atoms with Gasteiger partial charge in [-0.3, -0.25) is 9.69 Å². The number of likely N-dealkylation sites (tertiary alicyclic amines) is 1. The van der Waals surface area contributed by atoms with Crippen molar-refractivity contribution in [2.45, 2.75) is 19.4 Å². The van der Waals surface area contributed by atoms with Gasteiger partial charge in [0, 0.05) is 13.1 Å². The third-order valence-electron chi connectivity index (χ3n) is 3.71. The van der Waals surface area contributed by atoms with E-state index in [0.29, 0.717) is 18.0 Å². The number of carbonyl (C=O) groups is 1. The average Bonchev–Trinajstić information content (AvgIpc) is 2.47. The van der Waals surface area contributed by atoms with Crippen molar-refractivity contribution in [1.82, 2.24) is 4.90 Å². The highest BCUT2D eigenvalue weighted by molar-refractivity contribution is 5.70. The lowest BCUT2D eigenvalue weighted by atomic mass is 9.98. The topological polar surface area (TPSA) is 59.0 Å². The quantitative estimate of drug-likeness (QED) is 0.893. The second kappa shape index (κ2) is 6.61. The molecule has 1 heterocycles. The van der Waals surface area contributed by atoms with Crippen molar-refractivity contribution in [1.29, 1.82) is 0 Å². The first-order valence-electron chi connectivity index (χ1n) is 6.80. The second-order valence-corrected chi connectivity index (χ2v) is 5.10.